The van der Waals surface area contributed by atoms with E-state index in [-0.39, 0.29) is 42.3 Å². The van der Waals surface area contributed by atoms with E-state index in [1.54, 1.807) is 69.5 Å². The molecule has 344 valence electrons. The van der Waals surface area contributed by atoms with Crippen molar-refractivity contribution in [2.75, 3.05) is 0 Å². The van der Waals surface area contributed by atoms with Crippen LogP contribution in [-0.4, -0.2) is 56.5 Å². The van der Waals surface area contributed by atoms with Crippen LogP contribution in [-0.2, 0) is 20.4 Å². The van der Waals surface area contributed by atoms with E-state index in [0.29, 0.717) is 0 Å². The summed E-state index contributed by atoms with van der Waals surface area (Å²) < 4.78 is 1.64. The average Bonchev–Trinajstić information content (AvgIpc) is 3.14. The van der Waals surface area contributed by atoms with Gasteiger partial charge in [0.25, 0.3) is 0 Å². The van der Waals surface area contributed by atoms with Gasteiger partial charge in [-0.1, -0.05) is 0 Å². The Morgan fingerprint density at radius 2 is 0.516 bits per heavy atom. The van der Waals surface area contributed by atoms with Crippen LogP contribution in [0.25, 0.3) is 0 Å². The summed E-state index contributed by atoms with van der Waals surface area (Å²) in [6, 6.07) is 8.16. The quantitative estimate of drug-likeness (QED) is 0.212. The fourth-order valence-corrected chi connectivity index (χ4v) is 45.3. The Morgan fingerprint density at radius 3 is 0.677 bits per heavy atom. The van der Waals surface area contributed by atoms with Crippen molar-refractivity contribution in [1.29, 1.82) is 0 Å². The van der Waals surface area contributed by atoms with Crippen LogP contribution in [0.3, 0.4) is 0 Å². The molecule has 0 fully saturated rings. The Kier molecular flexibility index (Phi) is 18.4. The van der Waals surface area contributed by atoms with Crippen molar-refractivity contribution < 1.29 is 57.7 Å². The van der Waals surface area contributed by atoms with E-state index in [2.05, 4.69) is 226 Å². The second-order valence-corrected chi connectivity index (χ2v) is 60.3. The van der Waals surface area contributed by atoms with Gasteiger partial charge < -0.3 is 37.2 Å². The molecule has 0 aliphatic heterocycles. The number of allylic oxidation sites excluding steroid dienone is 4. The molecule has 62 heavy (non-hydrogen) atoms. The first kappa shape index (κ1) is 60.3. The molecular weight excluding hydrogens is 963 g/mol. The summed E-state index contributed by atoms with van der Waals surface area (Å²) >= 11 is 2.60. The summed E-state index contributed by atoms with van der Waals surface area (Å²) in [6.07, 6.45) is 0. The van der Waals surface area contributed by atoms with Gasteiger partial charge in [-0.05, 0) is 0 Å². The average molecular weight is 1050 g/mol. The monoisotopic (exact) mass is 1050 g/mol. The molecule has 0 amide bonds. The number of hydrogen-bond acceptors (Lipinski definition) is 0. The summed E-state index contributed by atoms with van der Waals surface area (Å²) in [5.41, 5.74) is 14.1. The van der Waals surface area contributed by atoms with Crippen LogP contribution in [0.2, 0.25) is 123 Å². The second-order valence-electron chi connectivity index (χ2n) is 25.5. The SMILES string of the molecule is CC1=C(C)C(C)([Si](c2c(C)cc(C)c([Si](C)(C)C)c2[Si](C)(C)C)(c2c(C)cc(C)c([Si](C)(C)C)c2[Si](C)(C)C)c2c(C)cc(C)c([Si](C)(C)C)c2[Si](C)(C)C)[C]([Ti+3])=C1C.[Cl-].[Cl-].[Cl-]. The van der Waals surface area contributed by atoms with Crippen molar-refractivity contribution in [2.45, 2.75) is 192 Å². The minimum atomic E-state index is -3.27. The molecule has 0 spiro atoms. The van der Waals surface area contributed by atoms with Crippen LogP contribution in [0.1, 0.15) is 61.1 Å². The zero-order valence-electron chi connectivity index (χ0n) is 44.9. The van der Waals surface area contributed by atoms with Crippen molar-refractivity contribution in [3.05, 3.63) is 72.2 Å². The van der Waals surface area contributed by atoms with Crippen molar-refractivity contribution >= 4 is 103 Å². The molecular formula is C51H87Cl3Si7Ti. The molecule has 0 heterocycles. The summed E-state index contributed by atoms with van der Waals surface area (Å²) in [4.78, 5) is 0. The van der Waals surface area contributed by atoms with Gasteiger partial charge in [0.2, 0.25) is 0 Å². The summed E-state index contributed by atoms with van der Waals surface area (Å²) in [7, 11) is -14.9. The van der Waals surface area contributed by atoms with Crippen LogP contribution in [0.15, 0.2) is 38.8 Å². The van der Waals surface area contributed by atoms with Crippen molar-refractivity contribution in [3.8, 4) is 0 Å². The molecule has 4 rings (SSSR count). The molecule has 1 atom stereocenters. The third-order valence-electron chi connectivity index (χ3n) is 14.3. The van der Waals surface area contributed by atoms with E-state index in [1.807, 2.05) is 31.1 Å². The van der Waals surface area contributed by atoms with Crippen LogP contribution >= 0.6 is 0 Å². The second kappa shape index (κ2) is 19.0. The molecule has 0 nitrogen and oxygen atoms in total. The molecule has 0 bridgehead atoms. The fourth-order valence-electron chi connectivity index (χ4n) is 12.6. The van der Waals surface area contributed by atoms with Gasteiger partial charge in [-0.25, -0.2) is 0 Å². The molecule has 0 radical (unpaired) electrons. The summed E-state index contributed by atoms with van der Waals surface area (Å²) in [6.45, 7) is 74.0. The van der Waals surface area contributed by atoms with Gasteiger partial charge in [0.05, 0.1) is 0 Å². The van der Waals surface area contributed by atoms with Crippen LogP contribution in [0.5, 0.6) is 0 Å². The Labute approximate surface area is 421 Å². The van der Waals surface area contributed by atoms with Gasteiger partial charge in [-0.2, -0.15) is 0 Å². The van der Waals surface area contributed by atoms with Gasteiger partial charge in [-0.15, -0.1) is 0 Å². The van der Waals surface area contributed by atoms with E-state index in [1.165, 1.54) is 0 Å². The number of halogens is 3. The predicted molar refractivity (Wildman–Crippen MR) is 290 cm³/mol. The normalized spacial score (nSPS) is 17.0. The minimum Gasteiger partial charge on any atom is -1.00 e. The maximum absolute atomic E-state index is 3.27. The standard InChI is InChI=1S/C51H87Si7.3ClH.Ti/c1-33-29-36(4)45(48(55(20,21)22)42(33)52(11,12)13)58(51(10)32-39(7)40(8)41(51)9,46-37(5)30-34(2)43(53(14,15)16)49(46)56(23,24)25)47-38(6)31-35(3)44(54(17,18)19)50(47)57(26,27)28;;;;/h29-31H,1-28H3;3*1H;/q;;;;+3/p-3. The Balaban J connectivity index is 0.00000641. The topological polar surface area (TPSA) is 0 Å². The maximum atomic E-state index is 2.83. The minimum absolute atomic E-state index is 0. The van der Waals surface area contributed by atoms with Gasteiger partial charge in [0.1, 0.15) is 0 Å². The molecule has 0 saturated heterocycles. The van der Waals surface area contributed by atoms with E-state index < -0.39 is 56.5 Å². The molecule has 0 saturated carbocycles. The maximum Gasteiger partial charge on any atom is -1.00 e. The Morgan fingerprint density at radius 1 is 0.323 bits per heavy atom. The molecule has 1 unspecified atom stereocenters. The molecule has 3 aromatic carbocycles. The Hall–Kier alpha value is 0.242. The predicted octanol–water partition coefficient (Wildman–Crippen LogP) is 1.22. The summed E-state index contributed by atoms with van der Waals surface area (Å²) in [5.74, 6) is 0. The van der Waals surface area contributed by atoms with Gasteiger partial charge in [0, 0.05) is 0 Å². The number of hydrogen-bond donors (Lipinski definition) is 0. The third kappa shape index (κ3) is 9.75. The Bertz CT molecular complexity index is 2060. The van der Waals surface area contributed by atoms with E-state index >= 15 is 0 Å². The first-order valence-electron chi connectivity index (χ1n) is 22.7. The molecule has 1 aliphatic rings. The first-order chi connectivity index (χ1) is 26.1. The molecule has 0 aromatic heterocycles. The van der Waals surface area contributed by atoms with Crippen molar-refractivity contribution in [3.63, 3.8) is 0 Å². The van der Waals surface area contributed by atoms with Gasteiger partial charge in [-0.3, -0.25) is 0 Å². The largest absolute Gasteiger partial charge is 1.00 e. The molecule has 1 aliphatic carbocycles. The number of aryl methyl sites for hydroxylation is 6. The van der Waals surface area contributed by atoms with Gasteiger partial charge in [0.15, 0.2) is 0 Å². The van der Waals surface area contributed by atoms with Gasteiger partial charge >= 0.3 is 388 Å². The van der Waals surface area contributed by atoms with Crippen molar-refractivity contribution in [1.82, 2.24) is 0 Å². The first-order valence-corrected chi connectivity index (χ1v) is 46.5. The van der Waals surface area contributed by atoms with E-state index in [9.17, 15) is 0 Å². The smallest absolute Gasteiger partial charge is 1.00 e. The third-order valence-corrected chi connectivity index (χ3v) is 36.3. The number of rotatable bonds is 10. The number of benzene rings is 3. The zero-order chi connectivity index (χ0) is 46.1. The zero-order valence-corrected chi connectivity index (χ0v) is 55.7. The molecule has 3 aromatic rings. The van der Waals surface area contributed by atoms with E-state index in [0.717, 1.165) is 0 Å². The summed E-state index contributed by atoms with van der Waals surface area (Å²) in [5, 5.41) is 16.2. The van der Waals surface area contributed by atoms with Crippen LogP contribution < -0.4 is 83.9 Å². The molecule has 11 heteroatoms. The van der Waals surface area contributed by atoms with E-state index in [4.69, 9.17) is 0 Å². The van der Waals surface area contributed by atoms with Crippen molar-refractivity contribution in [2.24, 2.45) is 0 Å². The van der Waals surface area contributed by atoms with Crippen LogP contribution in [0, 0.1) is 41.5 Å². The fraction of sp³-hybridized carbons (Fsp3) is 0.569. The molecule has 0 N–H and O–H groups in total. The van der Waals surface area contributed by atoms with Crippen LogP contribution in [0.4, 0.5) is 0 Å².